The molecule has 2 aromatic heterocycles. The van der Waals surface area contributed by atoms with E-state index in [0.29, 0.717) is 22.7 Å². The number of carbonyl (C=O) groups is 1. The molecule has 1 N–H and O–H groups in total. The lowest BCUT2D eigenvalue weighted by atomic mass is 10.2. The molecule has 3 aromatic rings. The standard InChI is InChI=1S/C16H12F3N3OS/c1-2-14(23)20-11-3-4-13-10(7-11)5-6-22(13)8-12-9-24-15(21-12)16(17,18)19/h2-7,9H,1,8H2,(H,20,23). The highest BCUT2D eigenvalue weighted by Crippen LogP contribution is 2.32. The molecule has 0 fully saturated rings. The fourth-order valence-corrected chi connectivity index (χ4v) is 2.97. The Balaban J connectivity index is 1.84. The van der Waals surface area contributed by atoms with Gasteiger partial charge in [0, 0.05) is 28.2 Å². The van der Waals surface area contributed by atoms with E-state index in [9.17, 15) is 18.0 Å². The molecule has 0 atom stereocenters. The average Bonchev–Trinajstić information content (AvgIpc) is 3.14. The molecule has 0 saturated heterocycles. The molecule has 4 nitrogen and oxygen atoms in total. The third kappa shape index (κ3) is 3.33. The lowest BCUT2D eigenvalue weighted by molar-refractivity contribution is -0.137. The second kappa shape index (κ2) is 6.12. The Kier molecular flexibility index (Phi) is 4.15. The van der Waals surface area contributed by atoms with E-state index < -0.39 is 11.2 Å². The Morgan fingerprint density at radius 3 is 2.83 bits per heavy atom. The van der Waals surface area contributed by atoms with Crippen molar-refractivity contribution in [1.29, 1.82) is 0 Å². The topological polar surface area (TPSA) is 46.9 Å². The van der Waals surface area contributed by atoms with Crippen LogP contribution in [0.3, 0.4) is 0 Å². The molecular weight excluding hydrogens is 339 g/mol. The van der Waals surface area contributed by atoms with Crippen LogP contribution < -0.4 is 5.32 Å². The summed E-state index contributed by atoms with van der Waals surface area (Å²) >= 11 is 0.589. The highest BCUT2D eigenvalue weighted by atomic mass is 32.1. The van der Waals surface area contributed by atoms with Gasteiger partial charge in [-0.2, -0.15) is 13.2 Å². The van der Waals surface area contributed by atoms with Crippen LogP contribution in [0.1, 0.15) is 10.7 Å². The Hall–Kier alpha value is -2.61. The number of carbonyl (C=O) groups excluding carboxylic acids is 1. The average molecular weight is 351 g/mol. The molecule has 3 rings (SSSR count). The highest BCUT2D eigenvalue weighted by molar-refractivity contribution is 7.09. The summed E-state index contributed by atoms with van der Waals surface area (Å²) in [5.74, 6) is -0.309. The van der Waals surface area contributed by atoms with Crippen molar-refractivity contribution in [2.24, 2.45) is 0 Å². The summed E-state index contributed by atoms with van der Waals surface area (Å²) in [6.07, 6.45) is -1.47. The highest BCUT2D eigenvalue weighted by Gasteiger charge is 2.34. The van der Waals surface area contributed by atoms with Crippen LogP contribution in [-0.2, 0) is 17.5 Å². The Bertz CT molecular complexity index is 911. The number of hydrogen-bond donors (Lipinski definition) is 1. The smallest absolute Gasteiger partial charge is 0.341 e. The minimum atomic E-state index is -4.42. The van der Waals surface area contributed by atoms with Crippen LogP contribution in [0.2, 0.25) is 0 Å². The number of anilines is 1. The van der Waals surface area contributed by atoms with Crippen molar-refractivity contribution in [1.82, 2.24) is 9.55 Å². The first kappa shape index (κ1) is 16.3. The number of halogens is 3. The maximum Gasteiger partial charge on any atom is 0.443 e. The zero-order valence-electron chi connectivity index (χ0n) is 12.3. The van der Waals surface area contributed by atoms with Gasteiger partial charge in [-0.05, 0) is 30.3 Å². The number of fused-ring (bicyclic) bond motifs is 1. The van der Waals surface area contributed by atoms with Crippen LogP contribution in [0.4, 0.5) is 18.9 Å². The fraction of sp³-hybridized carbons (Fsp3) is 0.125. The van der Waals surface area contributed by atoms with Gasteiger partial charge in [0.05, 0.1) is 12.2 Å². The molecule has 0 bridgehead atoms. The molecule has 0 radical (unpaired) electrons. The largest absolute Gasteiger partial charge is 0.443 e. The molecule has 0 aliphatic heterocycles. The molecule has 1 aromatic carbocycles. The molecule has 0 spiro atoms. The van der Waals surface area contributed by atoms with E-state index in [-0.39, 0.29) is 12.5 Å². The third-order valence-electron chi connectivity index (χ3n) is 3.35. The molecule has 124 valence electrons. The van der Waals surface area contributed by atoms with Crippen LogP contribution in [0.15, 0.2) is 48.5 Å². The normalized spacial score (nSPS) is 11.6. The zero-order chi connectivity index (χ0) is 17.3. The number of hydrogen-bond acceptors (Lipinski definition) is 3. The maximum atomic E-state index is 12.6. The van der Waals surface area contributed by atoms with E-state index in [0.717, 1.165) is 10.9 Å². The predicted molar refractivity (Wildman–Crippen MR) is 87.0 cm³/mol. The molecule has 8 heteroatoms. The van der Waals surface area contributed by atoms with Gasteiger partial charge in [0.15, 0.2) is 5.01 Å². The van der Waals surface area contributed by atoms with Crippen molar-refractivity contribution in [3.05, 3.63) is 59.2 Å². The summed E-state index contributed by atoms with van der Waals surface area (Å²) in [7, 11) is 0. The molecule has 0 aliphatic carbocycles. The lowest BCUT2D eigenvalue weighted by Crippen LogP contribution is -2.07. The number of nitrogens with one attached hydrogen (secondary N) is 1. The van der Waals surface area contributed by atoms with Crippen molar-refractivity contribution in [3.8, 4) is 0 Å². The predicted octanol–water partition coefficient (Wildman–Crippen LogP) is 4.29. The summed E-state index contributed by atoms with van der Waals surface area (Å²) in [6, 6.07) is 7.14. The quantitative estimate of drug-likeness (QED) is 0.713. The van der Waals surface area contributed by atoms with Gasteiger partial charge in [0.25, 0.3) is 0 Å². The summed E-state index contributed by atoms with van der Waals surface area (Å²) in [5.41, 5.74) is 1.82. The molecular formula is C16H12F3N3OS. The fourth-order valence-electron chi connectivity index (χ4n) is 2.29. The van der Waals surface area contributed by atoms with Gasteiger partial charge in [-0.1, -0.05) is 6.58 Å². The summed E-state index contributed by atoms with van der Waals surface area (Å²) < 4.78 is 39.6. The number of benzene rings is 1. The Morgan fingerprint density at radius 2 is 2.17 bits per heavy atom. The van der Waals surface area contributed by atoms with Crippen LogP contribution in [0.25, 0.3) is 10.9 Å². The van der Waals surface area contributed by atoms with Crippen molar-refractivity contribution in [2.45, 2.75) is 12.7 Å². The number of amides is 1. The third-order valence-corrected chi connectivity index (χ3v) is 4.29. The minimum absolute atomic E-state index is 0.244. The lowest BCUT2D eigenvalue weighted by Gasteiger charge is -2.05. The van der Waals surface area contributed by atoms with Crippen molar-refractivity contribution >= 4 is 33.8 Å². The maximum absolute atomic E-state index is 12.6. The van der Waals surface area contributed by atoms with Crippen LogP contribution >= 0.6 is 11.3 Å². The van der Waals surface area contributed by atoms with Gasteiger partial charge in [0.1, 0.15) is 0 Å². The Labute approximate surface area is 139 Å². The first-order valence-electron chi connectivity index (χ1n) is 6.91. The van der Waals surface area contributed by atoms with Gasteiger partial charge >= 0.3 is 6.18 Å². The molecule has 2 heterocycles. The molecule has 24 heavy (non-hydrogen) atoms. The van der Waals surface area contributed by atoms with Gasteiger partial charge in [-0.15, -0.1) is 11.3 Å². The summed E-state index contributed by atoms with van der Waals surface area (Å²) in [6.45, 7) is 3.63. The van der Waals surface area contributed by atoms with E-state index in [4.69, 9.17) is 0 Å². The van der Waals surface area contributed by atoms with E-state index in [1.807, 2.05) is 10.6 Å². The summed E-state index contributed by atoms with van der Waals surface area (Å²) in [4.78, 5) is 14.9. The zero-order valence-corrected chi connectivity index (χ0v) is 13.1. The van der Waals surface area contributed by atoms with Gasteiger partial charge < -0.3 is 9.88 Å². The van der Waals surface area contributed by atoms with Crippen molar-refractivity contribution in [2.75, 3.05) is 5.32 Å². The van der Waals surface area contributed by atoms with E-state index >= 15 is 0 Å². The Morgan fingerprint density at radius 1 is 1.38 bits per heavy atom. The van der Waals surface area contributed by atoms with E-state index in [1.165, 1.54) is 11.5 Å². The van der Waals surface area contributed by atoms with Gasteiger partial charge in [-0.25, -0.2) is 4.98 Å². The molecule has 1 amide bonds. The van der Waals surface area contributed by atoms with Gasteiger partial charge in [0.2, 0.25) is 5.91 Å². The van der Waals surface area contributed by atoms with Crippen molar-refractivity contribution < 1.29 is 18.0 Å². The van der Waals surface area contributed by atoms with Crippen LogP contribution in [0, 0.1) is 0 Å². The van der Waals surface area contributed by atoms with Crippen LogP contribution in [-0.4, -0.2) is 15.5 Å². The molecule has 0 saturated carbocycles. The SMILES string of the molecule is C=CC(=O)Nc1ccc2c(ccn2Cc2csc(C(F)(F)F)n2)c1. The monoisotopic (exact) mass is 351 g/mol. The minimum Gasteiger partial charge on any atom is -0.341 e. The second-order valence-corrected chi connectivity index (χ2v) is 5.91. The van der Waals surface area contributed by atoms with E-state index in [1.54, 1.807) is 24.4 Å². The molecule has 0 unspecified atom stereocenters. The molecule has 0 aliphatic rings. The number of aromatic nitrogens is 2. The first-order chi connectivity index (χ1) is 11.4. The number of thiazole rings is 1. The van der Waals surface area contributed by atoms with Crippen LogP contribution in [0.5, 0.6) is 0 Å². The number of alkyl halides is 3. The first-order valence-corrected chi connectivity index (χ1v) is 7.78. The second-order valence-electron chi connectivity index (χ2n) is 5.05. The van der Waals surface area contributed by atoms with Crippen molar-refractivity contribution in [3.63, 3.8) is 0 Å². The van der Waals surface area contributed by atoms with E-state index in [2.05, 4.69) is 16.9 Å². The van der Waals surface area contributed by atoms with Gasteiger partial charge in [-0.3, -0.25) is 4.79 Å². The number of rotatable bonds is 4. The number of nitrogens with zero attached hydrogens (tertiary/aromatic N) is 2. The summed E-state index contributed by atoms with van der Waals surface area (Å²) in [5, 5.41) is 4.09.